The Balaban J connectivity index is 2.32. The third-order valence-electron chi connectivity index (χ3n) is 3.70. The normalized spacial score (nSPS) is 19.1. The van der Waals surface area contributed by atoms with Gasteiger partial charge in [0.2, 0.25) is 0 Å². The van der Waals surface area contributed by atoms with Crippen LogP contribution in [0.15, 0.2) is 18.2 Å². The number of likely N-dealkylation sites (tertiary alicyclic amines) is 1. The number of hydrogen-bond acceptors (Lipinski definition) is 3. The highest BCUT2D eigenvalue weighted by Crippen LogP contribution is 2.32. The van der Waals surface area contributed by atoms with E-state index in [-0.39, 0.29) is 11.9 Å². The van der Waals surface area contributed by atoms with Crippen LogP contribution in [0.5, 0.6) is 11.5 Å². The Morgan fingerprint density at radius 1 is 1.26 bits per heavy atom. The lowest BCUT2D eigenvalue weighted by atomic mass is 10.0. The average Bonchev–Trinajstić information content (AvgIpc) is 2.46. The molecule has 4 nitrogen and oxygen atoms in total. The van der Waals surface area contributed by atoms with Gasteiger partial charge in [-0.2, -0.15) is 0 Å². The number of para-hydroxylation sites is 1. The van der Waals surface area contributed by atoms with Crippen LogP contribution in [0.25, 0.3) is 0 Å². The van der Waals surface area contributed by atoms with E-state index in [4.69, 9.17) is 9.47 Å². The molecule has 1 aromatic carbocycles. The van der Waals surface area contributed by atoms with Crippen molar-refractivity contribution < 1.29 is 14.3 Å². The van der Waals surface area contributed by atoms with Gasteiger partial charge in [-0.1, -0.05) is 6.07 Å². The van der Waals surface area contributed by atoms with Gasteiger partial charge in [0.05, 0.1) is 19.8 Å². The summed E-state index contributed by atoms with van der Waals surface area (Å²) in [6, 6.07) is 5.71. The van der Waals surface area contributed by atoms with E-state index >= 15 is 0 Å². The molecule has 1 aliphatic heterocycles. The Morgan fingerprint density at radius 2 is 2.05 bits per heavy atom. The minimum atomic E-state index is 0.0305. The molecule has 0 spiro atoms. The standard InChI is InChI=1S/C15H21NO3/c1-11-7-4-5-10-16(11)15(17)12-8-6-9-13(18-2)14(12)19-3/h6,8-9,11H,4-5,7,10H2,1-3H3. The van der Waals surface area contributed by atoms with Gasteiger partial charge in [0.1, 0.15) is 0 Å². The minimum Gasteiger partial charge on any atom is -0.493 e. The van der Waals surface area contributed by atoms with Crippen LogP contribution in [0.3, 0.4) is 0 Å². The molecule has 1 saturated heterocycles. The molecule has 0 N–H and O–H groups in total. The molecule has 2 rings (SSSR count). The van der Waals surface area contributed by atoms with E-state index in [1.54, 1.807) is 26.4 Å². The number of carbonyl (C=O) groups excluding carboxylic acids is 1. The van der Waals surface area contributed by atoms with Crippen molar-refractivity contribution in [2.45, 2.75) is 32.2 Å². The molecule has 0 aliphatic carbocycles. The van der Waals surface area contributed by atoms with Crippen molar-refractivity contribution in [2.24, 2.45) is 0 Å². The number of hydrogen-bond donors (Lipinski definition) is 0. The number of nitrogens with zero attached hydrogens (tertiary/aromatic N) is 1. The Morgan fingerprint density at radius 3 is 2.68 bits per heavy atom. The predicted octanol–water partition coefficient (Wildman–Crippen LogP) is 2.72. The van der Waals surface area contributed by atoms with Crippen molar-refractivity contribution in [3.8, 4) is 11.5 Å². The second kappa shape index (κ2) is 5.95. The molecule has 0 radical (unpaired) electrons. The van der Waals surface area contributed by atoms with Crippen LogP contribution < -0.4 is 9.47 Å². The summed E-state index contributed by atoms with van der Waals surface area (Å²) in [5, 5.41) is 0. The summed E-state index contributed by atoms with van der Waals surface area (Å²) in [5.41, 5.74) is 0.579. The predicted molar refractivity (Wildman–Crippen MR) is 73.9 cm³/mol. The largest absolute Gasteiger partial charge is 0.493 e. The highest BCUT2D eigenvalue weighted by atomic mass is 16.5. The second-order valence-corrected chi connectivity index (χ2v) is 4.88. The molecule has 0 saturated carbocycles. The van der Waals surface area contributed by atoms with Crippen molar-refractivity contribution in [3.63, 3.8) is 0 Å². The van der Waals surface area contributed by atoms with Crippen LogP contribution in [0.4, 0.5) is 0 Å². The van der Waals surface area contributed by atoms with Crippen LogP contribution in [0, 0.1) is 0 Å². The van der Waals surface area contributed by atoms with Crippen molar-refractivity contribution in [1.82, 2.24) is 4.90 Å². The lowest BCUT2D eigenvalue weighted by Crippen LogP contribution is -2.42. The fraction of sp³-hybridized carbons (Fsp3) is 0.533. The van der Waals surface area contributed by atoms with Gasteiger partial charge in [0.25, 0.3) is 5.91 Å². The number of carbonyl (C=O) groups is 1. The number of amides is 1. The summed E-state index contributed by atoms with van der Waals surface area (Å²) in [5.74, 6) is 1.15. The van der Waals surface area contributed by atoms with Gasteiger partial charge < -0.3 is 14.4 Å². The van der Waals surface area contributed by atoms with Gasteiger partial charge in [-0.25, -0.2) is 0 Å². The molecule has 1 aliphatic rings. The van der Waals surface area contributed by atoms with E-state index in [1.807, 2.05) is 11.0 Å². The number of benzene rings is 1. The summed E-state index contributed by atoms with van der Waals surface area (Å²) >= 11 is 0. The first-order valence-electron chi connectivity index (χ1n) is 6.71. The number of ether oxygens (including phenoxy) is 2. The van der Waals surface area contributed by atoms with Gasteiger partial charge in [-0.15, -0.1) is 0 Å². The molecule has 1 amide bonds. The van der Waals surface area contributed by atoms with Crippen LogP contribution in [-0.4, -0.2) is 37.6 Å². The highest BCUT2D eigenvalue weighted by molar-refractivity contribution is 5.98. The van der Waals surface area contributed by atoms with Crippen molar-refractivity contribution in [2.75, 3.05) is 20.8 Å². The Bertz CT molecular complexity index is 459. The maximum atomic E-state index is 12.6. The third-order valence-corrected chi connectivity index (χ3v) is 3.70. The molecule has 19 heavy (non-hydrogen) atoms. The third kappa shape index (κ3) is 2.67. The smallest absolute Gasteiger partial charge is 0.258 e. The van der Waals surface area contributed by atoms with E-state index in [0.717, 1.165) is 19.4 Å². The Labute approximate surface area is 114 Å². The van der Waals surface area contributed by atoms with Crippen molar-refractivity contribution in [3.05, 3.63) is 23.8 Å². The van der Waals surface area contributed by atoms with Gasteiger partial charge in [0, 0.05) is 12.6 Å². The number of rotatable bonds is 3. The molecule has 1 aromatic rings. The van der Waals surface area contributed by atoms with Crippen LogP contribution >= 0.6 is 0 Å². The summed E-state index contributed by atoms with van der Waals surface area (Å²) < 4.78 is 10.6. The summed E-state index contributed by atoms with van der Waals surface area (Å²) in [4.78, 5) is 14.6. The summed E-state index contributed by atoms with van der Waals surface area (Å²) in [7, 11) is 3.14. The van der Waals surface area contributed by atoms with Gasteiger partial charge in [-0.3, -0.25) is 4.79 Å². The number of piperidine rings is 1. The van der Waals surface area contributed by atoms with E-state index in [9.17, 15) is 4.79 Å². The fourth-order valence-electron chi connectivity index (χ4n) is 2.61. The molecule has 1 unspecified atom stereocenters. The van der Waals surface area contributed by atoms with Gasteiger partial charge >= 0.3 is 0 Å². The summed E-state index contributed by atoms with van der Waals surface area (Å²) in [6.45, 7) is 2.92. The van der Waals surface area contributed by atoms with Gasteiger partial charge in [0.15, 0.2) is 11.5 Å². The van der Waals surface area contributed by atoms with Crippen molar-refractivity contribution >= 4 is 5.91 Å². The zero-order chi connectivity index (χ0) is 13.8. The molecular formula is C15H21NO3. The maximum absolute atomic E-state index is 12.6. The maximum Gasteiger partial charge on any atom is 0.258 e. The molecule has 1 heterocycles. The molecule has 4 heteroatoms. The zero-order valence-electron chi connectivity index (χ0n) is 11.8. The Hall–Kier alpha value is -1.71. The second-order valence-electron chi connectivity index (χ2n) is 4.88. The molecular weight excluding hydrogens is 242 g/mol. The first-order chi connectivity index (χ1) is 9.19. The highest BCUT2D eigenvalue weighted by Gasteiger charge is 2.27. The summed E-state index contributed by atoms with van der Waals surface area (Å²) in [6.07, 6.45) is 3.33. The van der Waals surface area contributed by atoms with Crippen LogP contribution in [0.1, 0.15) is 36.5 Å². The van der Waals surface area contributed by atoms with E-state index < -0.39 is 0 Å². The molecule has 1 fully saturated rings. The average molecular weight is 263 g/mol. The quantitative estimate of drug-likeness (QED) is 0.841. The van der Waals surface area contributed by atoms with E-state index in [2.05, 4.69) is 6.92 Å². The molecule has 0 aromatic heterocycles. The zero-order valence-corrected chi connectivity index (χ0v) is 11.8. The van der Waals surface area contributed by atoms with E-state index in [0.29, 0.717) is 17.1 Å². The molecule has 0 bridgehead atoms. The van der Waals surface area contributed by atoms with Crippen LogP contribution in [-0.2, 0) is 0 Å². The van der Waals surface area contributed by atoms with Gasteiger partial charge in [-0.05, 0) is 38.3 Å². The van der Waals surface area contributed by atoms with Crippen LogP contribution in [0.2, 0.25) is 0 Å². The molecule has 1 atom stereocenters. The van der Waals surface area contributed by atoms with E-state index in [1.165, 1.54) is 6.42 Å². The number of methoxy groups -OCH3 is 2. The lowest BCUT2D eigenvalue weighted by Gasteiger charge is -2.33. The molecule has 104 valence electrons. The fourth-order valence-corrected chi connectivity index (χ4v) is 2.61. The first kappa shape index (κ1) is 13.7. The first-order valence-corrected chi connectivity index (χ1v) is 6.71. The van der Waals surface area contributed by atoms with Crippen molar-refractivity contribution in [1.29, 1.82) is 0 Å². The monoisotopic (exact) mass is 263 g/mol. The SMILES string of the molecule is COc1cccc(C(=O)N2CCCCC2C)c1OC. The lowest BCUT2D eigenvalue weighted by molar-refractivity contribution is 0.0631. The Kier molecular flexibility index (Phi) is 4.30. The topological polar surface area (TPSA) is 38.8 Å². The minimum absolute atomic E-state index is 0.0305.